The molecule has 0 aromatic heterocycles. The summed E-state index contributed by atoms with van der Waals surface area (Å²) in [5, 5.41) is 94.1. The molecule has 0 amide bonds. The fourth-order valence-electron chi connectivity index (χ4n) is 15.4. The number of fused-ring (bicyclic) bond motifs is 4. The van der Waals surface area contributed by atoms with E-state index in [9.17, 15) is 50.4 Å². The molecule has 98 heavy (non-hydrogen) atoms. The first kappa shape index (κ1) is 85.4. The number of aliphatic hydroxyl groups is 8. The SMILES string of the molecule is COC1C[C@H]2CC=C[C@@H](CC(O)C/C=C(C)/C=C/C(=O)O[C@H]([C@@H](C)[C@@H](O)[C@@H](C)CC[C@H]3C[C@H](OC)C[C@@H](C)O3)[C@H](C)[C@H](O)C[C@H](O)[C@H](C)[C@H](OC)C[C@@H]3CC=C[C@@H](C[C@H](O)C/C=C(C)\C=C/C(=O)O[C@H]([C@@H](C)CC[C@H]4C[C@H](OC)C[C@@H](C)O4)[C@H](C)C(O)C(C)C(O)C[C@@H](O)[C@@H]1C)O3)O2. The Morgan fingerprint density at radius 1 is 0.469 bits per heavy atom. The van der Waals surface area contributed by atoms with Gasteiger partial charge in [-0.15, -0.1) is 0 Å². The van der Waals surface area contributed by atoms with Crippen LogP contribution in [0.25, 0.3) is 0 Å². The lowest BCUT2D eigenvalue weighted by atomic mass is 9.78. The van der Waals surface area contributed by atoms with Crippen molar-refractivity contribution in [3.63, 3.8) is 0 Å². The highest BCUT2D eigenvalue weighted by Crippen LogP contribution is 2.37. The molecule has 20 heteroatoms. The van der Waals surface area contributed by atoms with Crippen LogP contribution >= 0.6 is 0 Å². The van der Waals surface area contributed by atoms with Crippen LogP contribution in [0.5, 0.6) is 0 Å². The van der Waals surface area contributed by atoms with Gasteiger partial charge in [0.15, 0.2) is 0 Å². The Balaban J connectivity index is 1.37. The summed E-state index contributed by atoms with van der Waals surface area (Å²) in [4.78, 5) is 27.8. The average Bonchev–Trinajstić information content (AvgIpc) is 0.849. The van der Waals surface area contributed by atoms with E-state index in [2.05, 4.69) is 0 Å². The summed E-state index contributed by atoms with van der Waals surface area (Å²) < 4.78 is 61.4. The van der Waals surface area contributed by atoms with Crippen molar-refractivity contribution >= 4 is 11.9 Å². The lowest BCUT2D eigenvalue weighted by Gasteiger charge is -2.38. The monoisotopic (exact) mass is 1390 g/mol. The molecule has 5 heterocycles. The zero-order chi connectivity index (χ0) is 72.5. The fraction of sp³-hybridized carbons (Fsp3) is 0.821. The first-order chi connectivity index (χ1) is 46.4. The minimum Gasteiger partial charge on any atom is -0.459 e. The summed E-state index contributed by atoms with van der Waals surface area (Å²) in [6.45, 7) is 22.6. The minimum absolute atomic E-state index is 0.0282. The van der Waals surface area contributed by atoms with E-state index in [0.717, 1.165) is 31.3 Å². The molecule has 0 radical (unpaired) electrons. The predicted octanol–water partition coefficient (Wildman–Crippen LogP) is 10.1. The molecule has 5 aliphatic rings. The third kappa shape index (κ3) is 28.1. The maximum absolute atomic E-state index is 13.9. The van der Waals surface area contributed by atoms with Crippen LogP contribution in [0, 0.1) is 47.3 Å². The van der Waals surface area contributed by atoms with Gasteiger partial charge in [-0.25, -0.2) is 9.59 Å². The Kier molecular flexibility index (Phi) is 37.6. The molecular weight excluding hydrogens is 1260 g/mol. The van der Waals surface area contributed by atoms with Crippen LogP contribution in [0.3, 0.4) is 0 Å². The third-order valence-corrected chi connectivity index (χ3v) is 22.3. The van der Waals surface area contributed by atoms with Crippen LogP contribution in [0.1, 0.15) is 199 Å². The van der Waals surface area contributed by atoms with Crippen molar-refractivity contribution in [2.75, 3.05) is 28.4 Å². The van der Waals surface area contributed by atoms with Gasteiger partial charge in [0.25, 0.3) is 0 Å². The van der Waals surface area contributed by atoms with Crippen LogP contribution in [0.4, 0.5) is 0 Å². The van der Waals surface area contributed by atoms with Crippen LogP contribution in [-0.4, -0.2) is 216 Å². The topological polar surface area (TPSA) is 288 Å². The van der Waals surface area contributed by atoms with Gasteiger partial charge in [0, 0.05) is 102 Å². The van der Waals surface area contributed by atoms with Gasteiger partial charge >= 0.3 is 11.9 Å². The van der Waals surface area contributed by atoms with Gasteiger partial charge in [-0.05, 0) is 129 Å². The fourth-order valence-corrected chi connectivity index (χ4v) is 15.4. The Bertz CT molecular complexity index is 2480. The Hall–Kier alpha value is -3.26. The molecule has 30 atom stereocenters. The van der Waals surface area contributed by atoms with Crippen molar-refractivity contribution in [1.82, 2.24) is 0 Å². The summed E-state index contributed by atoms with van der Waals surface area (Å²) >= 11 is 0. The molecule has 5 aliphatic heterocycles. The van der Waals surface area contributed by atoms with Gasteiger partial charge in [-0.3, -0.25) is 0 Å². The number of ether oxygens (including phenoxy) is 10. The molecule has 5 unspecified atom stereocenters. The second kappa shape index (κ2) is 43.1. The van der Waals surface area contributed by atoms with Gasteiger partial charge in [-0.2, -0.15) is 0 Å². The molecule has 0 aromatic rings. The molecule has 4 bridgehead atoms. The van der Waals surface area contributed by atoms with Gasteiger partial charge in [-0.1, -0.05) is 115 Å². The molecule has 0 saturated carbocycles. The number of rotatable bonds is 14. The molecule has 0 aromatic carbocycles. The van der Waals surface area contributed by atoms with Crippen LogP contribution in [0.2, 0.25) is 0 Å². The standard InChI is InChI=1S/C78H132O20/c1-45-23-29-57(79)37-60-20-18-22-62(96-60)42-72(92-16)52(8)68(82)44-70(84)54(10)78(55(11)75(87)47(3)27-31-63-39-65(89-13)35-49(5)93-63)98-74(86)34-26-46(2)24-30-58(80)38-59-19-17-21-61(95-59)41-71(91-15)51(7)67(81)43-69(83)53(9)76(88)56(12)77(97-73(85)33-25-45)48(4)28-32-64-40-66(90-14)36-50(6)94-64/h17-20,23-26,33-34,47-72,75-84,87-88H,21-22,27-32,35-44H2,1-16H3/b33-25-,34-26+,45-23-,46-24+/t47-,48-,49+,50+,51-,52-,53?,54+,55-,56+,57+,58?,59-,60-,61+,62-,63-,64-,65+,66+,67+,68-,69?,70+,71?,72+,75-,76?,77+,78-/m0/s1. The van der Waals surface area contributed by atoms with Crippen LogP contribution in [0.15, 0.2) is 71.9 Å². The summed E-state index contributed by atoms with van der Waals surface area (Å²) in [5.41, 5.74) is 1.41. The normalized spacial score (nSPS) is 42.2. The lowest BCUT2D eigenvalue weighted by molar-refractivity contribution is -0.158. The molecule has 564 valence electrons. The average molecular weight is 1390 g/mol. The summed E-state index contributed by atoms with van der Waals surface area (Å²) in [5.74, 6) is -5.42. The lowest BCUT2D eigenvalue weighted by Crippen LogP contribution is -2.45. The quantitative estimate of drug-likeness (QED) is 0.0593. The predicted molar refractivity (Wildman–Crippen MR) is 377 cm³/mol. The first-order valence-electron chi connectivity index (χ1n) is 37.1. The van der Waals surface area contributed by atoms with E-state index in [4.69, 9.17) is 47.4 Å². The van der Waals surface area contributed by atoms with E-state index in [1.54, 1.807) is 54.4 Å². The highest BCUT2D eigenvalue weighted by Gasteiger charge is 2.42. The molecule has 8 N–H and O–H groups in total. The third-order valence-electron chi connectivity index (χ3n) is 22.3. The smallest absolute Gasteiger partial charge is 0.331 e. The minimum atomic E-state index is -1.17. The highest BCUT2D eigenvalue weighted by atomic mass is 16.6. The Morgan fingerprint density at radius 3 is 1.33 bits per heavy atom. The van der Waals surface area contributed by atoms with Crippen molar-refractivity contribution in [3.05, 3.63) is 71.9 Å². The maximum atomic E-state index is 13.9. The van der Waals surface area contributed by atoms with E-state index in [0.29, 0.717) is 63.4 Å². The van der Waals surface area contributed by atoms with Crippen molar-refractivity contribution < 1.29 is 97.8 Å². The molecular formula is C78H132O20. The molecule has 0 aliphatic carbocycles. The number of methoxy groups -OCH3 is 4. The van der Waals surface area contributed by atoms with Crippen LogP contribution in [-0.2, 0) is 57.0 Å². The van der Waals surface area contributed by atoms with E-state index in [-0.39, 0.29) is 92.8 Å². The number of hydrogen-bond acceptors (Lipinski definition) is 20. The molecule has 2 fully saturated rings. The van der Waals surface area contributed by atoms with Gasteiger partial charge in [0.05, 0.1) is 122 Å². The Morgan fingerprint density at radius 2 is 0.888 bits per heavy atom. The van der Waals surface area contributed by atoms with Crippen molar-refractivity contribution in [2.45, 2.75) is 333 Å². The zero-order valence-corrected chi connectivity index (χ0v) is 62.3. The number of cyclic esters (lactones) is 2. The van der Waals surface area contributed by atoms with E-state index >= 15 is 0 Å². The van der Waals surface area contributed by atoms with E-state index in [1.165, 1.54) is 12.2 Å². The second-order valence-electron chi connectivity index (χ2n) is 30.3. The second-order valence-corrected chi connectivity index (χ2v) is 30.3. The highest BCUT2D eigenvalue weighted by molar-refractivity contribution is 5.83. The Labute approximate surface area is 587 Å². The number of esters is 2. The molecule has 0 spiro atoms. The molecule has 2 saturated heterocycles. The molecule has 20 nitrogen and oxygen atoms in total. The summed E-state index contributed by atoms with van der Waals surface area (Å²) in [6.07, 6.45) is 14.3. The number of carbonyl (C=O) groups is 2. The van der Waals surface area contributed by atoms with Gasteiger partial charge < -0.3 is 88.2 Å². The van der Waals surface area contributed by atoms with Crippen molar-refractivity contribution in [2.24, 2.45) is 47.3 Å². The number of aliphatic hydroxyl groups excluding tert-OH is 8. The van der Waals surface area contributed by atoms with E-state index < -0.39 is 133 Å². The summed E-state index contributed by atoms with van der Waals surface area (Å²) in [6, 6.07) is 0. The number of allylic oxidation sites excluding steroid dienone is 4. The first-order valence-corrected chi connectivity index (χ1v) is 37.1. The van der Waals surface area contributed by atoms with Gasteiger partial charge in [0.1, 0.15) is 12.2 Å². The molecule has 5 rings (SSSR count). The van der Waals surface area contributed by atoms with Crippen LogP contribution < -0.4 is 0 Å². The summed E-state index contributed by atoms with van der Waals surface area (Å²) in [7, 11) is 6.59. The van der Waals surface area contributed by atoms with Gasteiger partial charge in [0.2, 0.25) is 0 Å². The zero-order valence-electron chi connectivity index (χ0n) is 62.3. The maximum Gasteiger partial charge on any atom is 0.331 e. The largest absolute Gasteiger partial charge is 0.459 e. The number of carbonyl (C=O) groups excluding carboxylic acids is 2. The number of hydrogen-bond donors (Lipinski definition) is 8. The van der Waals surface area contributed by atoms with Crippen molar-refractivity contribution in [3.8, 4) is 0 Å². The van der Waals surface area contributed by atoms with Crippen molar-refractivity contribution in [1.29, 1.82) is 0 Å². The van der Waals surface area contributed by atoms with E-state index in [1.807, 2.05) is 106 Å².